The molecule has 4 rings (SSSR count). The first kappa shape index (κ1) is 25.9. The maximum absolute atomic E-state index is 13.3. The first-order valence-electron chi connectivity index (χ1n) is 13.3. The van der Waals surface area contributed by atoms with Crippen molar-refractivity contribution < 1.29 is 14.6 Å². The van der Waals surface area contributed by atoms with Gasteiger partial charge in [0.2, 0.25) is 5.91 Å². The van der Waals surface area contributed by atoms with E-state index in [1.165, 1.54) is 5.56 Å². The van der Waals surface area contributed by atoms with Gasteiger partial charge in [0.05, 0.1) is 5.60 Å². The van der Waals surface area contributed by atoms with E-state index >= 15 is 0 Å². The zero-order chi connectivity index (χ0) is 24.8. The maximum atomic E-state index is 13.3. The number of rotatable bonds is 9. The van der Waals surface area contributed by atoms with E-state index in [4.69, 9.17) is 10.5 Å². The number of carbonyl (C=O) groups excluding carboxylic acids is 1. The number of methoxy groups -OCH3 is 1. The molecule has 1 saturated carbocycles. The molecule has 0 bridgehead atoms. The van der Waals surface area contributed by atoms with Crippen molar-refractivity contribution in [3.8, 4) is 11.1 Å². The van der Waals surface area contributed by atoms with Crippen molar-refractivity contribution >= 4 is 5.91 Å². The van der Waals surface area contributed by atoms with E-state index in [0.29, 0.717) is 19.6 Å². The summed E-state index contributed by atoms with van der Waals surface area (Å²) in [4.78, 5) is 15.4. The fourth-order valence-corrected chi connectivity index (χ4v) is 6.11. The lowest BCUT2D eigenvalue weighted by atomic mass is 9.72. The van der Waals surface area contributed by atoms with Gasteiger partial charge in [-0.25, -0.2) is 0 Å². The van der Waals surface area contributed by atoms with Gasteiger partial charge in [-0.2, -0.15) is 0 Å². The van der Waals surface area contributed by atoms with Crippen molar-refractivity contribution in [2.45, 2.75) is 69.9 Å². The minimum Gasteiger partial charge on any atom is -0.385 e. The Morgan fingerprint density at radius 2 is 1.89 bits per heavy atom. The lowest BCUT2D eigenvalue weighted by Gasteiger charge is -2.44. The number of hydrogen-bond acceptors (Lipinski definition) is 4. The summed E-state index contributed by atoms with van der Waals surface area (Å²) in [6.07, 6.45) is 6.87. The topological polar surface area (TPSA) is 75.8 Å². The van der Waals surface area contributed by atoms with Crippen LogP contribution in [0.4, 0.5) is 0 Å². The number of ether oxygens (including phenoxy) is 1. The van der Waals surface area contributed by atoms with Crippen molar-refractivity contribution in [1.29, 1.82) is 0 Å². The van der Waals surface area contributed by atoms with Gasteiger partial charge < -0.3 is 20.5 Å². The first-order valence-corrected chi connectivity index (χ1v) is 13.3. The van der Waals surface area contributed by atoms with E-state index in [2.05, 4.69) is 43.3 Å². The number of hydrogen-bond donors (Lipinski definition) is 2. The normalized spacial score (nSPS) is 24.3. The molecule has 1 aliphatic heterocycles. The molecule has 5 nitrogen and oxygen atoms in total. The van der Waals surface area contributed by atoms with Crippen molar-refractivity contribution in [3.05, 3.63) is 59.7 Å². The minimum absolute atomic E-state index is 0.00980. The lowest BCUT2D eigenvalue weighted by molar-refractivity contribution is -0.140. The second kappa shape index (κ2) is 11.7. The number of aliphatic hydroxyl groups is 1. The van der Waals surface area contributed by atoms with Gasteiger partial charge in [-0.1, -0.05) is 54.1 Å². The Morgan fingerprint density at radius 1 is 1.11 bits per heavy atom. The molecule has 2 aliphatic rings. The van der Waals surface area contributed by atoms with Gasteiger partial charge in [-0.05, 0) is 75.0 Å². The largest absolute Gasteiger partial charge is 0.385 e. The lowest BCUT2D eigenvalue weighted by Crippen LogP contribution is -2.49. The van der Waals surface area contributed by atoms with Crippen LogP contribution < -0.4 is 5.73 Å². The highest BCUT2D eigenvalue weighted by Gasteiger charge is 2.43. The summed E-state index contributed by atoms with van der Waals surface area (Å²) in [6.45, 7) is 4.16. The average molecular weight is 479 g/mol. The Hall–Kier alpha value is -2.21. The van der Waals surface area contributed by atoms with E-state index in [1.54, 1.807) is 7.11 Å². The molecule has 0 aromatic heterocycles. The van der Waals surface area contributed by atoms with Crippen LogP contribution in [-0.4, -0.2) is 48.8 Å². The zero-order valence-electron chi connectivity index (χ0n) is 21.4. The Labute approximate surface area is 210 Å². The summed E-state index contributed by atoms with van der Waals surface area (Å²) in [5.41, 5.74) is 9.48. The maximum Gasteiger partial charge on any atom is 0.225 e. The molecular weight excluding hydrogens is 436 g/mol. The molecule has 1 saturated heterocycles. The van der Waals surface area contributed by atoms with Crippen LogP contribution in [0.1, 0.15) is 62.5 Å². The summed E-state index contributed by atoms with van der Waals surface area (Å²) >= 11 is 0. The van der Waals surface area contributed by atoms with E-state index in [1.807, 2.05) is 17.0 Å². The van der Waals surface area contributed by atoms with Crippen LogP contribution in [0.2, 0.25) is 0 Å². The summed E-state index contributed by atoms with van der Waals surface area (Å²) in [5, 5.41) is 12.5. The summed E-state index contributed by atoms with van der Waals surface area (Å²) < 4.78 is 5.28. The number of unbranched alkanes of at least 4 members (excludes halogenated alkanes) is 1. The van der Waals surface area contributed by atoms with Crippen LogP contribution in [-0.2, 0) is 15.1 Å². The third-order valence-corrected chi connectivity index (χ3v) is 8.14. The van der Waals surface area contributed by atoms with Gasteiger partial charge in [0.1, 0.15) is 0 Å². The van der Waals surface area contributed by atoms with Crippen LogP contribution in [0.5, 0.6) is 0 Å². The van der Waals surface area contributed by atoms with Gasteiger partial charge in [0.15, 0.2) is 0 Å². The number of piperidine rings is 1. The van der Waals surface area contributed by atoms with Gasteiger partial charge >= 0.3 is 0 Å². The number of aryl methyl sites for hydroxylation is 1. The Kier molecular flexibility index (Phi) is 8.64. The molecule has 0 spiro atoms. The summed E-state index contributed by atoms with van der Waals surface area (Å²) in [5.74, 6) is 0.263. The first-order chi connectivity index (χ1) is 16.9. The SMILES string of the molecule is COCCCC[C@@](O)(c1ccccc1-c1ccc(C)cc1)C1CCCN(C(=O)[C@@H]2CC[C@H](N)C2)C1. The molecule has 1 aliphatic carbocycles. The van der Waals surface area contributed by atoms with Crippen LogP contribution in [0.3, 0.4) is 0 Å². The molecule has 2 aromatic rings. The standard InChI is InChI=1S/C30H42N2O3/c1-22-11-13-23(14-12-22)27-9-3-4-10-28(27)30(34,17-5-6-19-35-2)25-8-7-18-32(21-25)29(33)24-15-16-26(31)20-24/h3-4,9-14,24-26,34H,5-8,15-21,31H2,1-2H3/t24-,25?,26+,30+/m1/s1. The van der Waals surface area contributed by atoms with Crippen LogP contribution in [0.15, 0.2) is 48.5 Å². The second-order valence-corrected chi connectivity index (χ2v) is 10.7. The van der Waals surface area contributed by atoms with Crippen molar-refractivity contribution in [2.24, 2.45) is 17.6 Å². The van der Waals surface area contributed by atoms with E-state index < -0.39 is 5.60 Å². The van der Waals surface area contributed by atoms with E-state index in [-0.39, 0.29) is 23.8 Å². The van der Waals surface area contributed by atoms with Gasteiger partial charge in [0.25, 0.3) is 0 Å². The molecule has 2 fully saturated rings. The number of nitrogens with two attached hydrogens (primary N) is 1. The second-order valence-electron chi connectivity index (χ2n) is 10.7. The number of nitrogens with zero attached hydrogens (tertiary/aromatic N) is 1. The predicted octanol–water partition coefficient (Wildman–Crippen LogP) is 5.03. The third kappa shape index (κ3) is 5.96. The quantitative estimate of drug-likeness (QED) is 0.496. The molecule has 0 radical (unpaired) electrons. The number of carbonyl (C=O) groups is 1. The van der Waals surface area contributed by atoms with Crippen LogP contribution >= 0.6 is 0 Å². The number of likely N-dealkylation sites (tertiary alicyclic amines) is 1. The molecule has 35 heavy (non-hydrogen) atoms. The Morgan fingerprint density at radius 3 is 2.60 bits per heavy atom. The Balaban J connectivity index is 1.64. The highest BCUT2D eigenvalue weighted by Crippen LogP contribution is 2.44. The summed E-state index contributed by atoms with van der Waals surface area (Å²) in [6, 6.07) is 16.9. The highest BCUT2D eigenvalue weighted by molar-refractivity contribution is 5.79. The van der Waals surface area contributed by atoms with Gasteiger partial charge in [0, 0.05) is 44.7 Å². The van der Waals surface area contributed by atoms with Crippen molar-refractivity contribution in [3.63, 3.8) is 0 Å². The van der Waals surface area contributed by atoms with Crippen molar-refractivity contribution in [2.75, 3.05) is 26.8 Å². The van der Waals surface area contributed by atoms with E-state index in [9.17, 15) is 9.90 Å². The molecular formula is C30H42N2O3. The molecule has 3 N–H and O–H groups in total. The third-order valence-electron chi connectivity index (χ3n) is 8.14. The number of benzene rings is 2. The van der Waals surface area contributed by atoms with Crippen LogP contribution in [0, 0.1) is 18.8 Å². The van der Waals surface area contributed by atoms with Gasteiger partial charge in [-0.3, -0.25) is 4.79 Å². The minimum atomic E-state index is -1.01. The monoisotopic (exact) mass is 478 g/mol. The molecule has 1 unspecified atom stereocenters. The molecule has 1 heterocycles. The molecule has 190 valence electrons. The zero-order valence-corrected chi connectivity index (χ0v) is 21.4. The van der Waals surface area contributed by atoms with Crippen LogP contribution in [0.25, 0.3) is 11.1 Å². The van der Waals surface area contributed by atoms with Crippen molar-refractivity contribution in [1.82, 2.24) is 4.90 Å². The fraction of sp³-hybridized carbons (Fsp3) is 0.567. The molecule has 4 atom stereocenters. The molecule has 2 aromatic carbocycles. The Bertz CT molecular complexity index is 976. The van der Waals surface area contributed by atoms with Gasteiger partial charge in [-0.15, -0.1) is 0 Å². The molecule has 5 heteroatoms. The fourth-order valence-electron chi connectivity index (χ4n) is 6.11. The predicted molar refractivity (Wildman–Crippen MR) is 141 cm³/mol. The summed E-state index contributed by atoms with van der Waals surface area (Å²) in [7, 11) is 1.72. The molecule has 1 amide bonds. The van der Waals surface area contributed by atoms with E-state index in [0.717, 1.165) is 68.2 Å². The smallest absolute Gasteiger partial charge is 0.225 e. The highest BCUT2D eigenvalue weighted by atomic mass is 16.5. The average Bonchev–Trinajstić information content (AvgIpc) is 3.33. The number of amides is 1.